The minimum absolute atomic E-state index is 0.376. The number of aromatic nitrogens is 1. The number of rotatable bonds is 5. The zero-order valence-corrected chi connectivity index (χ0v) is 12.5. The number of ether oxygens (including phenoxy) is 1. The molecule has 1 aromatic carbocycles. The van der Waals surface area contributed by atoms with E-state index < -0.39 is 0 Å². The fourth-order valence-corrected chi connectivity index (χ4v) is 2.16. The Morgan fingerprint density at radius 3 is 2.75 bits per heavy atom. The number of benzene rings is 1. The monoisotopic (exact) mass is 286 g/mol. The van der Waals surface area contributed by atoms with Crippen LogP contribution in [0.4, 0.5) is 0 Å². The summed E-state index contributed by atoms with van der Waals surface area (Å²) >= 11 is 5.00. The maximum Gasteiger partial charge on any atom is 0.119 e. The van der Waals surface area contributed by atoms with Crippen LogP contribution in [0.1, 0.15) is 24.6 Å². The van der Waals surface area contributed by atoms with E-state index in [-0.39, 0.29) is 0 Å². The summed E-state index contributed by atoms with van der Waals surface area (Å²) in [7, 11) is 0. The summed E-state index contributed by atoms with van der Waals surface area (Å²) in [5, 5.41) is 0. The lowest BCUT2D eigenvalue weighted by atomic mass is 10.1. The van der Waals surface area contributed by atoms with Crippen LogP contribution >= 0.6 is 12.2 Å². The van der Waals surface area contributed by atoms with Gasteiger partial charge in [-0.1, -0.05) is 31.3 Å². The van der Waals surface area contributed by atoms with E-state index in [1.54, 1.807) is 0 Å². The molecule has 0 saturated carbocycles. The van der Waals surface area contributed by atoms with E-state index in [1.165, 1.54) is 0 Å². The van der Waals surface area contributed by atoms with Crippen molar-refractivity contribution in [3.05, 3.63) is 47.7 Å². The van der Waals surface area contributed by atoms with Gasteiger partial charge in [0.2, 0.25) is 0 Å². The lowest BCUT2D eigenvalue weighted by molar-refractivity contribution is 0.317. The van der Waals surface area contributed by atoms with Gasteiger partial charge in [-0.3, -0.25) is 4.98 Å². The summed E-state index contributed by atoms with van der Waals surface area (Å²) in [6.45, 7) is 4.72. The van der Waals surface area contributed by atoms with Crippen molar-refractivity contribution in [1.29, 1.82) is 0 Å². The maximum atomic E-state index is 5.65. The van der Waals surface area contributed by atoms with Crippen molar-refractivity contribution in [2.45, 2.75) is 20.3 Å². The molecule has 20 heavy (non-hydrogen) atoms. The van der Waals surface area contributed by atoms with Gasteiger partial charge in [-0.2, -0.15) is 0 Å². The molecule has 2 N–H and O–H groups in total. The maximum absolute atomic E-state index is 5.65. The first-order valence-electron chi connectivity index (χ1n) is 6.62. The van der Waals surface area contributed by atoms with Crippen molar-refractivity contribution >= 4 is 17.2 Å². The number of nitrogens with two attached hydrogens (primary N) is 1. The van der Waals surface area contributed by atoms with Gasteiger partial charge in [-0.15, -0.1) is 0 Å². The van der Waals surface area contributed by atoms with Crippen LogP contribution in [-0.4, -0.2) is 16.6 Å². The molecule has 0 unspecified atom stereocenters. The van der Waals surface area contributed by atoms with Crippen LogP contribution in [0.5, 0.6) is 5.75 Å². The summed E-state index contributed by atoms with van der Waals surface area (Å²) in [6, 6.07) is 11.8. The molecular weight excluding hydrogens is 268 g/mol. The first kappa shape index (κ1) is 14.5. The average molecular weight is 286 g/mol. The summed E-state index contributed by atoms with van der Waals surface area (Å²) < 4.78 is 5.64. The highest BCUT2D eigenvalue weighted by Crippen LogP contribution is 2.23. The van der Waals surface area contributed by atoms with Gasteiger partial charge in [-0.25, -0.2) is 0 Å². The fraction of sp³-hybridized carbons (Fsp3) is 0.250. The van der Waals surface area contributed by atoms with Crippen LogP contribution in [0.25, 0.3) is 11.3 Å². The molecule has 0 aliphatic carbocycles. The Kier molecular flexibility index (Phi) is 4.69. The van der Waals surface area contributed by atoms with E-state index in [0.717, 1.165) is 41.3 Å². The van der Waals surface area contributed by atoms with Gasteiger partial charge in [0.05, 0.1) is 12.3 Å². The van der Waals surface area contributed by atoms with Crippen LogP contribution in [-0.2, 0) is 0 Å². The van der Waals surface area contributed by atoms with E-state index in [2.05, 4.69) is 11.9 Å². The van der Waals surface area contributed by atoms with Gasteiger partial charge >= 0.3 is 0 Å². The summed E-state index contributed by atoms with van der Waals surface area (Å²) in [4.78, 5) is 4.94. The molecule has 2 rings (SSSR count). The molecule has 0 atom stereocenters. The average Bonchev–Trinajstić information content (AvgIpc) is 2.45. The summed E-state index contributed by atoms with van der Waals surface area (Å²) in [5.41, 5.74) is 9.23. The Morgan fingerprint density at radius 2 is 2.10 bits per heavy atom. The van der Waals surface area contributed by atoms with Crippen LogP contribution in [0.2, 0.25) is 0 Å². The van der Waals surface area contributed by atoms with Gasteiger partial charge in [0, 0.05) is 16.8 Å². The lowest BCUT2D eigenvalue weighted by Crippen LogP contribution is -2.12. The number of nitrogens with zero attached hydrogens (tertiary/aromatic N) is 1. The standard InChI is InChI=1S/C16H18N2OS/c1-3-9-19-13-6-4-5-12(10-13)15-8-7-14(16(17)20)11(2)18-15/h4-8,10H,3,9H2,1-2H3,(H2,17,20). The van der Waals surface area contributed by atoms with Crippen molar-refractivity contribution in [1.82, 2.24) is 4.98 Å². The minimum atomic E-state index is 0.376. The van der Waals surface area contributed by atoms with Crippen molar-refractivity contribution in [2.24, 2.45) is 5.73 Å². The molecule has 104 valence electrons. The third-order valence-electron chi connectivity index (χ3n) is 2.95. The van der Waals surface area contributed by atoms with Crippen molar-refractivity contribution < 1.29 is 4.74 Å². The smallest absolute Gasteiger partial charge is 0.119 e. The number of aryl methyl sites for hydroxylation is 1. The Labute approximate surface area is 124 Å². The lowest BCUT2D eigenvalue weighted by Gasteiger charge is -2.09. The molecule has 1 aromatic heterocycles. The van der Waals surface area contributed by atoms with Gasteiger partial charge in [0.1, 0.15) is 10.7 Å². The summed E-state index contributed by atoms with van der Waals surface area (Å²) in [5.74, 6) is 0.863. The van der Waals surface area contributed by atoms with Gasteiger partial charge in [0.25, 0.3) is 0 Å². The second-order valence-corrected chi connectivity index (χ2v) is 5.01. The Balaban J connectivity index is 2.31. The van der Waals surface area contributed by atoms with Gasteiger partial charge in [0.15, 0.2) is 0 Å². The van der Waals surface area contributed by atoms with E-state index in [1.807, 2.05) is 43.3 Å². The molecule has 0 fully saturated rings. The van der Waals surface area contributed by atoms with Crippen LogP contribution in [0, 0.1) is 6.92 Å². The van der Waals surface area contributed by atoms with Crippen LogP contribution in [0.15, 0.2) is 36.4 Å². The van der Waals surface area contributed by atoms with Gasteiger partial charge < -0.3 is 10.5 Å². The number of pyridine rings is 1. The highest BCUT2D eigenvalue weighted by molar-refractivity contribution is 7.80. The van der Waals surface area contributed by atoms with Crippen molar-refractivity contribution in [3.63, 3.8) is 0 Å². The fourth-order valence-electron chi connectivity index (χ4n) is 1.95. The second-order valence-electron chi connectivity index (χ2n) is 4.57. The second kappa shape index (κ2) is 6.48. The molecule has 4 heteroatoms. The van der Waals surface area contributed by atoms with Crippen LogP contribution in [0.3, 0.4) is 0 Å². The highest BCUT2D eigenvalue weighted by atomic mass is 32.1. The first-order chi connectivity index (χ1) is 9.61. The molecule has 1 heterocycles. The molecule has 0 bridgehead atoms. The van der Waals surface area contributed by atoms with Gasteiger partial charge in [-0.05, 0) is 37.6 Å². The first-order valence-corrected chi connectivity index (χ1v) is 7.03. The number of hydrogen-bond acceptors (Lipinski definition) is 3. The predicted octanol–water partition coefficient (Wildman–Crippen LogP) is 3.48. The highest BCUT2D eigenvalue weighted by Gasteiger charge is 2.06. The topological polar surface area (TPSA) is 48.1 Å². The molecule has 0 amide bonds. The van der Waals surface area contributed by atoms with E-state index in [9.17, 15) is 0 Å². The number of thiocarbonyl (C=S) groups is 1. The van der Waals surface area contributed by atoms with E-state index >= 15 is 0 Å². The normalized spacial score (nSPS) is 10.3. The molecule has 2 aromatic rings. The molecule has 0 aliphatic heterocycles. The molecule has 3 nitrogen and oxygen atoms in total. The van der Waals surface area contributed by atoms with E-state index in [0.29, 0.717) is 4.99 Å². The molecule has 0 aliphatic rings. The minimum Gasteiger partial charge on any atom is -0.494 e. The van der Waals surface area contributed by atoms with Crippen LogP contribution < -0.4 is 10.5 Å². The quantitative estimate of drug-likeness (QED) is 0.855. The third kappa shape index (κ3) is 3.33. The zero-order chi connectivity index (χ0) is 14.5. The van der Waals surface area contributed by atoms with Crippen molar-refractivity contribution in [3.8, 4) is 17.0 Å². The zero-order valence-electron chi connectivity index (χ0n) is 11.7. The Morgan fingerprint density at radius 1 is 1.30 bits per heavy atom. The Hall–Kier alpha value is -1.94. The predicted molar refractivity (Wildman–Crippen MR) is 86.1 cm³/mol. The largest absolute Gasteiger partial charge is 0.494 e. The number of hydrogen-bond donors (Lipinski definition) is 1. The third-order valence-corrected chi connectivity index (χ3v) is 3.17. The van der Waals surface area contributed by atoms with E-state index in [4.69, 9.17) is 22.7 Å². The SMILES string of the molecule is CCCOc1cccc(-c2ccc(C(N)=S)c(C)n2)c1. The molecule has 0 saturated heterocycles. The molecule has 0 radical (unpaired) electrons. The molecular formula is C16H18N2OS. The Bertz CT molecular complexity index is 626. The summed E-state index contributed by atoms with van der Waals surface area (Å²) in [6.07, 6.45) is 0.990. The molecule has 0 spiro atoms. The van der Waals surface area contributed by atoms with Crippen molar-refractivity contribution in [2.75, 3.05) is 6.61 Å².